The highest BCUT2D eigenvalue weighted by atomic mass is 32.2. The largest absolute Gasteiger partial charge is 0.271 e. The van der Waals surface area contributed by atoms with E-state index in [1.54, 1.807) is 24.2 Å². The summed E-state index contributed by atoms with van der Waals surface area (Å²) >= 11 is 1.74. The maximum absolute atomic E-state index is 5.65. The van der Waals surface area contributed by atoms with Crippen molar-refractivity contribution < 1.29 is 0 Å². The molecule has 1 aromatic carbocycles. The van der Waals surface area contributed by atoms with E-state index in [4.69, 9.17) is 5.84 Å². The van der Waals surface area contributed by atoms with Gasteiger partial charge in [-0.05, 0) is 48.1 Å². The van der Waals surface area contributed by atoms with Gasteiger partial charge in [-0.2, -0.15) is 0 Å². The molecule has 2 aromatic rings. The van der Waals surface area contributed by atoms with Crippen LogP contribution >= 0.6 is 11.8 Å². The first-order valence-corrected chi connectivity index (χ1v) is 7.05. The van der Waals surface area contributed by atoms with Gasteiger partial charge in [0.1, 0.15) is 0 Å². The van der Waals surface area contributed by atoms with Crippen LogP contribution in [0.25, 0.3) is 0 Å². The van der Waals surface area contributed by atoms with Gasteiger partial charge in [0, 0.05) is 23.3 Å². The maximum atomic E-state index is 5.65. The van der Waals surface area contributed by atoms with Crippen molar-refractivity contribution in [2.24, 2.45) is 5.84 Å². The minimum absolute atomic E-state index is 0.128. The van der Waals surface area contributed by atoms with Gasteiger partial charge >= 0.3 is 0 Å². The molecular weight excluding hydrogens is 242 g/mol. The molecule has 0 bridgehead atoms. The van der Waals surface area contributed by atoms with Crippen LogP contribution in [0.3, 0.4) is 0 Å². The topological polar surface area (TPSA) is 50.9 Å². The normalized spacial score (nSPS) is 12.3. The summed E-state index contributed by atoms with van der Waals surface area (Å²) in [4.78, 5) is 5.28. The molecule has 2 rings (SSSR count). The first-order valence-electron chi connectivity index (χ1n) is 5.82. The number of rotatable bonds is 5. The van der Waals surface area contributed by atoms with Gasteiger partial charge in [-0.3, -0.25) is 16.3 Å². The lowest BCUT2D eigenvalue weighted by atomic mass is 10.0. The lowest BCUT2D eigenvalue weighted by Gasteiger charge is -2.16. The fourth-order valence-electron chi connectivity index (χ4n) is 1.86. The SMILES string of the molecule is CSc1ccc(C(Cc2ccncc2)NN)cc1. The van der Waals surface area contributed by atoms with E-state index in [0.29, 0.717) is 0 Å². The third-order valence-corrected chi connectivity index (χ3v) is 3.65. The molecule has 18 heavy (non-hydrogen) atoms. The molecule has 1 aromatic heterocycles. The van der Waals surface area contributed by atoms with Gasteiger partial charge in [0.05, 0.1) is 0 Å². The van der Waals surface area contributed by atoms with E-state index < -0.39 is 0 Å². The Morgan fingerprint density at radius 3 is 2.39 bits per heavy atom. The molecule has 3 N–H and O–H groups in total. The van der Waals surface area contributed by atoms with E-state index in [-0.39, 0.29) is 6.04 Å². The summed E-state index contributed by atoms with van der Waals surface area (Å²) in [6, 6.07) is 12.6. The van der Waals surface area contributed by atoms with Crippen molar-refractivity contribution in [1.82, 2.24) is 10.4 Å². The summed E-state index contributed by atoms with van der Waals surface area (Å²) < 4.78 is 0. The predicted molar refractivity (Wildman–Crippen MR) is 76.2 cm³/mol. The summed E-state index contributed by atoms with van der Waals surface area (Å²) in [6.07, 6.45) is 6.54. The van der Waals surface area contributed by atoms with E-state index in [9.17, 15) is 0 Å². The Morgan fingerprint density at radius 2 is 1.83 bits per heavy atom. The quantitative estimate of drug-likeness (QED) is 0.492. The number of nitrogens with zero attached hydrogens (tertiary/aromatic N) is 1. The number of benzene rings is 1. The summed E-state index contributed by atoms with van der Waals surface area (Å²) in [5.41, 5.74) is 5.30. The Morgan fingerprint density at radius 1 is 1.17 bits per heavy atom. The van der Waals surface area contributed by atoms with Gasteiger partial charge in [-0.1, -0.05) is 12.1 Å². The van der Waals surface area contributed by atoms with E-state index >= 15 is 0 Å². The predicted octanol–water partition coefficient (Wildman–Crippen LogP) is 2.55. The molecule has 1 atom stereocenters. The number of hydrogen-bond acceptors (Lipinski definition) is 4. The minimum Gasteiger partial charge on any atom is -0.271 e. The summed E-state index contributed by atoms with van der Waals surface area (Å²) in [7, 11) is 0. The zero-order valence-electron chi connectivity index (χ0n) is 10.3. The molecule has 0 aliphatic rings. The van der Waals surface area contributed by atoms with Crippen LogP contribution in [-0.4, -0.2) is 11.2 Å². The third-order valence-electron chi connectivity index (χ3n) is 2.91. The van der Waals surface area contributed by atoms with Crippen LogP contribution in [0.2, 0.25) is 0 Å². The van der Waals surface area contributed by atoms with E-state index in [0.717, 1.165) is 6.42 Å². The number of nitrogens with two attached hydrogens (primary N) is 1. The Bertz CT molecular complexity index is 470. The van der Waals surface area contributed by atoms with Gasteiger partial charge < -0.3 is 0 Å². The van der Waals surface area contributed by atoms with Gasteiger partial charge in [0.25, 0.3) is 0 Å². The molecule has 0 saturated heterocycles. The van der Waals surface area contributed by atoms with Gasteiger partial charge in [0.15, 0.2) is 0 Å². The number of aromatic nitrogens is 1. The highest BCUT2D eigenvalue weighted by Gasteiger charge is 2.10. The highest BCUT2D eigenvalue weighted by Crippen LogP contribution is 2.21. The molecule has 0 amide bonds. The Kier molecular flexibility index (Phi) is 4.75. The lowest BCUT2D eigenvalue weighted by molar-refractivity contribution is 0.551. The molecule has 0 saturated carbocycles. The average Bonchev–Trinajstić information content (AvgIpc) is 2.46. The monoisotopic (exact) mass is 259 g/mol. The molecular formula is C14H17N3S. The third kappa shape index (κ3) is 3.32. The first-order chi connectivity index (χ1) is 8.83. The number of hydrogen-bond donors (Lipinski definition) is 2. The fourth-order valence-corrected chi connectivity index (χ4v) is 2.27. The smallest absolute Gasteiger partial charge is 0.0500 e. The van der Waals surface area contributed by atoms with E-state index in [1.165, 1.54) is 16.0 Å². The molecule has 0 spiro atoms. The first kappa shape index (κ1) is 13.1. The van der Waals surface area contributed by atoms with Crippen LogP contribution in [0.4, 0.5) is 0 Å². The number of thioether (sulfide) groups is 1. The van der Waals surface area contributed by atoms with Crippen molar-refractivity contribution in [3.63, 3.8) is 0 Å². The van der Waals surface area contributed by atoms with Gasteiger partial charge in [-0.25, -0.2) is 0 Å². The van der Waals surface area contributed by atoms with E-state index in [1.807, 2.05) is 12.1 Å². The molecule has 1 unspecified atom stereocenters. The molecule has 0 aliphatic carbocycles. The van der Waals surface area contributed by atoms with Crippen LogP contribution in [0.15, 0.2) is 53.7 Å². The summed E-state index contributed by atoms with van der Waals surface area (Å²) in [5, 5.41) is 0. The number of pyridine rings is 1. The molecule has 0 fully saturated rings. The van der Waals surface area contributed by atoms with Crippen LogP contribution in [0.5, 0.6) is 0 Å². The standard InChI is InChI=1S/C14H17N3S/c1-18-13-4-2-12(3-5-13)14(17-15)10-11-6-8-16-9-7-11/h2-9,14,17H,10,15H2,1H3. The number of nitrogens with one attached hydrogen (secondary N) is 1. The minimum atomic E-state index is 0.128. The maximum Gasteiger partial charge on any atom is 0.0500 e. The van der Waals surface area contributed by atoms with Gasteiger partial charge in [-0.15, -0.1) is 11.8 Å². The van der Waals surface area contributed by atoms with Crippen molar-refractivity contribution in [3.05, 3.63) is 59.9 Å². The second-order valence-electron chi connectivity index (χ2n) is 4.05. The van der Waals surface area contributed by atoms with Crippen molar-refractivity contribution in [3.8, 4) is 0 Å². The van der Waals surface area contributed by atoms with Gasteiger partial charge in [0.2, 0.25) is 0 Å². The van der Waals surface area contributed by atoms with Crippen molar-refractivity contribution in [2.75, 3.05) is 6.26 Å². The van der Waals surface area contributed by atoms with Crippen molar-refractivity contribution >= 4 is 11.8 Å². The molecule has 0 radical (unpaired) electrons. The van der Waals surface area contributed by atoms with Crippen LogP contribution < -0.4 is 11.3 Å². The van der Waals surface area contributed by atoms with E-state index in [2.05, 4.69) is 40.9 Å². The summed E-state index contributed by atoms with van der Waals surface area (Å²) in [5.74, 6) is 5.65. The van der Waals surface area contributed by atoms with Crippen molar-refractivity contribution in [2.45, 2.75) is 17.4 Å². The fraction of sp³-hybridized carbons (Fsp3) is 0.214. The Hall–Kier alpha value is -1.36. The highest BCUT2D eigenvalue weighted by molar-refractivity contribution is 7.98. The lowest BCUT2D eigenvalue weighted by Crippen LogP contribution is -2.29. The zero-order valence-corrected chi connectivity index (χ0v) is 11.2. The van der Waals surface area contributed by atoms with Crippen LogP contribution in [-0.2, 0) is 6.42 Å². The molecule has 0 aliphatic heterocycles. The molecule has 4 heteroatoms. The summed E-state index contributed by atoms with van der Waals surface area (Å²) in [6.45, 7) is 0. The Labute approximate surface area is 112 Å². The van der Waals surface area contributed by atoms with Crippen LogP contribution in [0, 0.1) is 0 Å². The molecule has 3 nitrogen and oxygen atoms in total. The molecule has 94 valence electrons. The second kappa shape index (κ2) is 6.54. The zero-order chi connectivity index (χ0) is 12.8. The Balaban J connectivity index is 2.12. The van der Waals surface area contributed by atoms with Crippen LogP contribution in [0.1, 0.15) is 17.2 Å². The number of hydrazine groups is 1. The average molecular weight is 259 g/mol. The second-order valence-corrected chi connectivity index (χ2v) is 4.93. The molecule has 1 heterocycles. The van der Waals surface area contributed by atoms with Crippen molar-refractivity contribution in [1.29, 1.82) is 0 Å².